The Hall–Kier alpha value is -4.07. The van der Waals surface area contributed by atoms with Gasteiger partial charge < -0.3 is 19.5 Å². The molecule has 1 aliphatic rings. The first-order valence-corrected chi connectivity index (χ1v) is 10.3. The van der Waals surface area contributed by atoms with Crippen LogP contribution in [0.4, 0.5) is 0 Å². The number of nitrogens with zero attached hydrogens (tertiary/aromatic N) is 1. The Morgan fingerprint density at radius 1 is 1.09 bits per heavy atom. The first-order chi connectivity index (χ1) is 15.7. The number of carbonyl (C=O) groups is 2. The van der Waals surface area contributed by atoms with E-state index in [1.54, 1.807) is 24.4 Å². The van der Waals surface area contributed by atoms with Crippen molar-refractivity contribution in [2.24, 2.45) is 5.10 Å². The van der Waals surface area contributed by atoms with Gasteiger partial charge in [0.25, 0.3) is 11.8 Å². The van der Waals surface area contributed by atoms with Crippen molar-refractivity contribution in [1.29, 1.82) is 0 Å². The number of carbonyl (C=O) groups excluding carboxylic acids is 2. The molecule has 4 rings (SSSR count). The van der Waals surface area contributed by atoms with Gasteiger partial charge in [-0.25, -0.2) is 5.43 Å². The molecular weight excluding hydrogens is 410 g/mol. The fourth-order valence-corrected chi connectivity index (χ4v) is 3.26. The van der Waals surface area contributed by atoms with Crippen LogP contribution < -0.4 is 25.0 Å². The van der Waals surface area contributed by atoms with Gasteiger partial charge in [0.15, 0.2) is 11.5 Å². The molecule has 32 heavy (non-hydrogen) atoms. The molecule has 164 valence electrons. The van der Waals surface area contributed by atoms with E-state index in [0.29, 0.717) is 29.4 Å². The first kappa shape index (κ1) is 21.2. The van der Waals surface area contributed by atoms with Gasteiger partial charge in [-0.05, 0) is 41.5 Å². The van der Waals surface area contributed by atoms with E-state index in [1.165, 1.54) is 0 Å². The lowest BCUT2D eigenvalue weighted by Crippen LogP contribution is -2.34. The number of nitrogens with one attached hydrogen (secondary N) is 2. The molecule has 0 bridgehead atoms. The molecule has 0 spiro atoms. The molecule has 0 fully saturated rings. The average molecular weight is 433 g/mol. The molecular formula is C24H23N3O5. The SMILES string of the molecule is CCCOc1ccc2ccccc2c1/C=N/NC(=O)CNC(=O)c1ccc2c(c1)OCO2. The van der Waals surface area contributed by atoms with Gasteiger partial charge >= 0.3 is 0 Å². The summed E-state index contributed by atoms with van der Waals surface area (Å²) in [5.41, 5.74) is 3.60. The van der Waals surface area contributed by atoms with Gasteiger partial charge in [0, 0.05) is 11.1 Å². The Kier molecular flexibility index (Phi) is 6.50. The Labute approximate surface area is 185 Å². The van der Waals surface area contributed by atoms with E-state index >= 15 is 0 Å². The highest BCUT2D eigenvalue weighted by Crippen LogP contribution is 2.32. The highest BCUT2D eigenvalue weighted by atomic mass is 16.7. The minimum Gasteiger partial charge on any atom is -0.493 e. The Morgan fingerprint density at radius 3 is 2.81 bits per heavy atom. The fraction of sp³-hybridized carbons (Fsp3) is 0.208. The van der Waals surface area contributed by atoms with Gasteiger partial charge in [-0.15, -0.1) is 0 Å². The Morgan fingerprint density at radius 2 is 1.94 bits per heavy atom. The summed E-state index contributed by atoms with van der Waals surface area (Å²) in [7, 11) is 0. The summed E-state index contributed by atoms with van der Waals surface area (Å²) >= 11 is 0. The zero-order valence-corrected chi connectivity index (χ0v) is 17.6. The fourth-order valence-electron chi connectivity index (χ4n) is 3.26. The Balaban J connectivity index is 1.38. The number of fused-ring (bicyclic) bond motifs is 2. The van der Waals surface area contributed by atoms with E-state index in [1.807, 2.05) is 43.3 Å². The molecule has 3 aromatic rings. The van der Waals surface area contributed by atoms with E-state index in [0.717, 1.165) is 22.8 Å². The third-order valence-corrected chi connectivity index (χ3v) is 4.82. The van der Waals surface area contributed by atoms with Gasteiger partial charge in [0.05, 0.1) is 19.4 Å². The van der Waals surface area contributed by atoms with Gasteiger partial charge in [-0.1, -0.05) is 37.3 Å². The van der Waals surface area contributed by atoms with E-state index in [2.05, 4.69) is 15.8 Å². The van der Waals surface area contributed by atoms with Crippen molar-refractivity contribution < 1.29 is 23.8 Å². The third kappa shape index (κ3) is 4.80. The maximum Gasteiger partial charge on any atom is 0.259 e. The molecule has 0 saturated carbocycles. The van der Waals surface area contributed by atoms with E-state index in [-0.39, 0.29) is 13.3 Å². The lowest BCUT2D eigenvalue weighted by Gasteiger charge is -2.11. The second-order valence-electron chi connectivity index (χ2n) is 7.09. The smallest absolute Gasteiger partial charge is 0.259 e. The van der Waals surface area contributed by atoms with Crippen molar-refractivity contribution in [2.75, 3.05) is 19.9 Å². The molecule has 1 heterocycles. The molecule has 2 amide bonds. The van der Waals surface area contributed by atoms with Crippen LogP contribution in [0.15, 0.2) is 59.7 Å². The molecule has 0 aromatic heterocycles. The van der Waals surface area contributed by atoms with Crippen molar-refractivity contribution in [3.8, 4) is 17.2 Å². The standard InChI is InChI=1S/C24H23N3O5/c1-2-11-30-20-9-7-16-5-3-4-6-18(16)19(20)13-26-27-23(28)14-25-24(29)17-8-10-21-22(12-17)32-15-31-21/h3-10,12-13H,2,11,14-15H2,1H3,(H,25,29)(H,27,28)/b26-13+. The second-order valence-corrected chi connectivity index (χ2v) is 7.09. The van der Waals surface area contributed by atoms with Crippen LogP contribution in [0.2, 0.25) is 0 Å². The van der Waals surface area contributed by atoms with Crippen LogP contribution in [-0.2, 0) is 4.79 Å². The zero-order valence-electron chi connectivity index (χ0n) is 17.6. The number of rotatable bonds is 8. The monoisotopic (exact) mass is 433 g/mol. The van der Waals surface area contributed by atoms with Crippen molar-refractivity contribution in [2.45, 2.75) is 13.3 Å². The highest BCUT2D eigenvalue weighted by molar-refractivity contribution is 6.03. The molecule has 0 atom stereocenters. The minimum atomic E-state index is -0.452. The van der Waals surface area contributed by atoms with Gasteiger partial charge in [-0.3, -0.25) is 9.59 Å². The van der Waals surface area contributed by atoms with Crippen LogP contribution in [0.5, 0.6) is 17.2 Å². The predicted molar refractivity (Wildman–Crippen MR) is 120 cm³/mol. The number of benzene rings is 3. The summed E-state index contributed by atoms with van der Waals surface area (Å²) in [5, 5.41) is 8.64. The number of ether oxygens (including phenoxy) is 3. The summed E-state index contributed by atoms with van der Waals surface area (Å²) in [6.07, 6.45) is 2.44. The predicted octanol–water partition coefficient (Wildman–Crippen LogP) is 3.24. The molecule has 0 unspecified atom stereocenters. The molecule has 8 nitrogen and oxygen atoms in total. The maximum absolute atomic E-state index is 12.3. The van der Waals surface area contributed by atoms with E-state index in [9.17, 15) is 9.59 Å². The molecule has 8 heteroatoms. The largest absolute Gasteiger partial charge is 0.493 e. The number of amides is 2. The zero-order chi connectivity index (χ0) is 22.3. The average Bonchev–Trinajstić information content (AvgIpc) is 3.29. The normalized spacial score (nSPS) is 12.2. The van der Waals surface area contributed by atoms with E-state index < -0.39 is 11.8 Å². The number of hydrogen-bond donors (Lipinski definition) is 2. The number of hydrazone groups is 1. The summed E-state index contributed by atoms with van der Waals surface area (Å²) in [6.45, 7) is 2.52. The van der Waals surface area contributed by atoms with Crippen molar-refractivity contribution in [3.63, 3.8) is 0 Å². The maximum atomic E-state index is 12.3. The molecule has 3 aromatic carbocycles. The topological polar surface area (TPSA) is 98.2 Å². The molecule has 0 radical (unpaired) electrons. The highest BCUT2D eigenvalue weighted by Gasteiger charge is 2.16. The summed E-state index contributed by atoms with van der Waals surface area (Å²) in [6, 6.07) is 16.6. The first-order valence-electron chi connectivity index (χ1n) is 10.3. The Bertz CT molecular complexity index is 1180. The lowest BCUT2D eigenvalue weighted by atomic mass is 10.0. The van der Waals surface area contributed by atoms with Crippen LogP contribution in [0, 0.1) is 0 Å². The molecule has 0 saturated heterocycles. The molecule has 0 aliphatic carbocycles. The van der Waals surface area contributed by atoms with E-state index in [4.69, 9.17) is 14.2 Å². The van der Waals surface area contributed by atoms with Gasteiger partial charge in [0.1, 0.15) is 5.75 Å². The quantitative estimate of drug-likeness (QED) is 0.420. The van der Waals surface area contributed by atoms with Crippen LogP contribution >= 0.6 is 0 Å². The van der Waals surface area contributed by atoms with Gasteiger partial charge in [-0.2, -0.15) is 5.10 Å². The van der Waals surface area contributed by atoms with Crippen LogP contribution in [0.3, 0.4) is 0 Å². The third-order valence-electron chi connectivity index (χ3n) is 4.82. The van der Waals surface area contributed by atoms with Crippen LogP contribution in [-0.4, -0.2) is 38.0 Å². The summed E-state index contributed by atoms with van der Waals surface area (Å²) < 4.78 is 16.3. The summed E-state index contributed by atoms with van der Waals surface area (Å²) in [4.78, 5) is 24.5. The number of hydrogen-bond acceptors (Lipinski definition) is 6. The van der Waals surface area contributed by atoms with Crippen LogP contribution in [0.1, 0.15) is 29.3 Å². The summed E-state index contributed by atoms with van der Waals surface area (Å²) in [5.74, 6) is 0.935. The van der Waals surface area contributed by atoms with Crippen LogP contribution in [0.25, 0.3) is 10.8 Å². The second kappa shape index (κ2) is 9.82. The molecule has 1 aliphatic heterocycles. The minimum absolute atomic E-state index is 0.128. The lowest BCUT2D eigenvalue weighted by molar-refractivity contribution is -0.120. The van der Waals surface area contributed by atoms with Crippen molar-refractivity contribution >= 4 is 28.8 Å². The molecule has 2 N–H and O–H groups in total. The van der Waals surface area contributed by atoms with Gasteiger partial charge in [0.2, 0.25) is 6.79 Å². The van der Waals surface area contributed by atoms with Crippen molar-refractivity contribution in [1.82, 2.24) is 10.7 Å². The van der Waals surface area contributed by atoms with Crippen molar-refractivity contribution in [3.05, 3.63) is 65.7 Å².